The van der Waals surface area contributed by atoms with Gasteiger partial charge in [-0.05, 0) is 42.0 Å². The predicted molar refractivity (Wildman–Crippen MR) is 131 cm³/mol. The van der Waals surface area contributed by atoms with Gasteiger partial charge in [-0.25, -0.2) is 0 Å². The highest BCUT2D eigenvalue weighted by molar-refractivity contribution is 9.10. The number of amides is 2. The molecule has 0 unspecified atom stereocenters. The zero-order valence-corrected chi connectivity index (χ0v) is 20.3. The van der Waals surface area contributed by atoms with Gasteiger partial charge in [-0.3, -0.25) is 9.59 Å². The zero-order valence-electron chi connectivity index (χ0n) is 18.7. The molecule has 0 spiro atoms. The van der Waals surface area contributed by atoms with Crippen molar-refractivity contribution in [1.29, 1.82) is 0 Å². The van der Waals surface area contributed by atoms with Gasteiger partial charge in [0.15, 0.2) is 6.61 Å². The fourth-order valence-corrected chi connectivity index (χ4v) is 3.63. The average Bonchev–Trinajstić information content (AvgIpc) is 2.80. The van der Waals surface area contributed by atoms with Crippen LogP contribution in [-0.4, -0.2) is 35.9 Å². The fraction of sp³-hybridized carbons (Fsp3) is 0.308. The van der Waals surface area contributed by atoms with Crippen molar-refractivity contribution in [1.82, 2.24) is 10.2 Å². The van der Waals surface area contributed by atoms with Crippen LogP contribution >= 0.6 is 15.9 Å². The van der Waals surface area contributed by atoms with E-state index in [-0.39, 0.29) is 18.4 Å². The topological polar surface area (TPSA) is 58.6 Å². The van der Waals surface area contributed by atoms with E-state index in [4.69, 9.17) is 4.74 Å². The normalized spacial score (nSPS) is 11.9. The molecule has 3 rings (SSSR count). The molecule has 0 radical (unpaired) electrons. The number of benzene rings is 3. The lowest BCUT2D eigenvalue weighted by atomic mass is 10.1. The number of nitrogens with zero attached hydrogens (tertiary/aromatic N) is 1. The van der Waals surface area contributed by atoms with E-state index in [1.807, 2.05) is 80.6 Å². The monoisotopic (exact) mass is 496 g/mol. The second-order valence-electron chi connectivity index (χ2n) is 8.23. The molecule has 3 aromatic carbocycles. The highest BCUT2D eigenvalue weighted by Crippen LogP contribution is 2.25. The number of carbonyl (C=O) groups is 2. The third kappa shape index (κ3) is 6.33. The van der Waals surface area contributed by atoms with Crippen LogP contribution in [0.4, 0.5) is 0 Å². The number of carbonyl (C=O) groups excluding carboxylic acids is 2. The largest absolute Gasteiger partial charge is 0.483 e. The van der Waals surface area contributed by atoms with Crippen molar-refractivity contribution in [2.75, 3.05) is 13.2 Å². The van der Waals surface area contributed by atoms with Crippen molar-refractivity contribution in [3.05, 3.63) is 76.8 Å². The molecule has 168 valence electrons. The molecule has 6 heteroatoms. The molecule has 1 atom stereocenters. The summed E-state index contributed by atoms with van der Waals surface area (Å²) in [6.07, 6.45) is 0. The first kappa shape index (κ1) is 23.8. The van der Waals surface area contributed by atoms with Crippen LogP contribution < -0.4 is 10.1 Å². The molecule has 0 saturated heterocycles. The summed E-state index contributed by atoms with van der Waals surface area (Å²) in [6.45, 7) is 6.56. The Bertz CT molecular complexity index is 1060. The lowest BCUT2D eigenvalue weighted by Crippen LogP contribution is -2.49. The number of rotatable bonds is 9. The molecule has 5 nitrogen and oxygen atoms in total. The van der Waals surface area contributed by atoms with E-state index < -0.39 is 6.04 Å². The van der Waals surface area contributed by atoms with Gasteiger partial charge in [0.2, 0.25) is 5.91 Å². The van der Waals surface area contributed by atoms with Crippen LogP contribution in [0.3, 0.4) is 0 Å². The van der Waals surface area contributed by atoms with Crippen LogP contribution in [0.15, 0.2) is 71.2 Å². The van der Waals surface area contributed by atoms with Crippen molar-refractivity contribution < 1.29 is 14.3 Å². The summed E-state index contributed by atoms with van der Waals surface area (Å²) in [5.74, 6) is 0.566. The SMILES string of the molecule is CC(C)CNC(=O)[C@H](C)N(Cc1ccc(Br)cc1)C(=O)COc1cccc2ccccc12. The van der Waals surface area contributed by atoms with Gasteiger partial charge in [0.1, 0.15) is 11.8 Å². The number of hydrogen-bond donors (Lipinski definition) is 1. The molecule has 0 bridgehead atoms. The summed E-state index contributed by atoms with van der Waals surface area (Å²) in [7, 11) is 0. The summed E-state index contributed by atoms with van der Waals surface area (Å²) in [5, 5.41) is 4.92. The Balaban J connectivity index is 1.76. The van der Waals surface area contributed by atoms with Gasteiger partial charge >= 0.3 is 0 Å². The van der Waals surface area contributed by atoms with Crippen LogP contribution in [-0.2, 0) is 16.1 Å². The van der Waals surface area contributed by atoms with Crippen LogP contribution in [0.1, 0.15) is 26.3 Å². The summed E-state index contributed by atoms with van der Waals surface area (Å²) in [5.41, 5.74) is 0.940. The maximum atomic E-state index is 13.2. The third-order valence-corrected chi connectivity index (χ3v) is 5.75. The first-order valence-electron chi connectivity index (χ1n) is 10.8. The number of halogens is 1. The lowest BCUT2D eigenvalue weighted by Gasteiger charge is -2.29. The smallest absolute Gasteiger partial charge is 0.261 e. The summed E-state index contributed by atoms with van der Waals surface area (Å²) >= 11 is 3.43. The number of ether oxygens (including phenoxy) is 1. The average molecular weight is 497 g/mol. The molecule has 0 heterocycles. The molecule has 2 amide bonds. The second-order valence-corrected chi connectivity index (χ2v) is 9.14. The molecule has 3 aromatic rings. The fourth-order valence-electron chi connectivity index (χ4n) is 3.37. The second kappa shape index (κ2) is 11.1. The lowest BCUT2D eigenvalue weighted by molar-refractivity contribution is -0.142. The van der Waals surface area contributed by atoms with Gasteiger partial charge in [0, 0.05) is 22.9 Å². The molecule has 0 saturated carbocycles. The number of hydrogen-bond acceptors (Lipinski definition) is 3. The minimum absolute atomic E-state index is 0.146. The summed E-state index contributed by atoms with van der Waals surface area (Å²) in [4.78, 5) is 27.5. The van der Waals surface area contributed by atoms with Crippen molar-refractivity contribution in [2.45, 2.75) is 33.4 Å². The summed E-state index contributed by atoms with van der Waals surface area (Å²) in [6, 6.07) is 20.8. The van der Waals surface area contributed by atoms with Crippen LogP contribution in [0.5, 0.6) is 5.75 Å². The molecule has 32 heavy (non-hydrogen) atoms. The Morgan fingerprint density at radius 1 is 0.969 bits per heavy atom. The molecular formula is C26H29BrN2O3. The molecule has 0 aliphatic heterocycles. The van der Waals surface area contributed by atoms with E-state index in [2.05, 4.69) is 21.2 Å². The van der Waals surface area contributed by atoms with Gasteiger partial charge in [-0.1, -0.05) is 78.3 Å². The molecule has 0 aliphatic rings. The zero-order chi connectivity index (χ0) is 23.1. The Kier molecular flexibility index (Phi) is 8.28. The van der Waals surface area contributed by atoms with Gasteiger partial charge in [-0.15, -0.1) is 0 Å². The number of nitrogens with one attached hydrogen (secondary N) is 1. The predicted octanol–water partition coefficient (Wildman–Crippen LogP) is 5.17. The summed E-state index contributed by atoms with van der Waals surface area (Å²) < 4.78 is 6.88. The molecular weight excluding hydrogens is 468 g/mol. The minimum atomic E-state index is -0.624. The Labute approximate surface area is 197 Å². The van der Waals surface area contributed by atoms with Crippen LogP contribution in [0, 0.1) is 5.92 Å². The van der Waals surface area contributed by atoms with Crippen LogP contribution in [0.25, 0.3) is 10.8 Å². The van der Waals surface area contributed by atoms with E-state index in [0.717, 1.165) is 20.8 Å². The van der Waals surface area contributed by atoms with Crippen molar-refractivity contribution in [3.63, 3.8) is 0 Å². The maximum absolute atomic E-state index is 13.2. The Morgan fingerprint density at radius 2 is 1.66 bits per heavy atom. The molecule has 0 aromatic heterocycles. The van der Waals surface area contributed by atoms with E-state index in [0.29, 0.717) is 24.8 Å². The number of fused-ring (bicyclic) bond motifs is 1. The molecule has 0 aliphatic carbocycles. The van der Waals surface area contributed by atoms with E-state index in [1.165, 1.54) is 0 Å². The van der Waals surface area contributed by atoms with Gasteiger partial charge in [-0.2, -0.15) is 0 Å². The minimum Gasteiger partial charge on any atom is -0.483 e. The van der Waals surface area contributed by atoms with E-state index >= 15 is 0 Å². The first-order valence-corrected chi connectivity index (χ1v) is 11.6. The third-order valence-electron chi connectivity index (χ3n) is 5.22. The Hall–Kier alpha value is -2.86. The van der Waals surface area contributed by atoms with Crippen molar-refractivity contribution in [3.8, 4) is 5.75 Å². The van der Waals surface area contributed by atoms with Gasteiger partial charge in [0.25, 0.3) is 5.91 Å². The van der Waals surface area contributed by atoms with Crippen molar-refractivity contribution >= 4 is 38.5 Å². The van der Waals surface area contributed by atoms with Gasteiger partial charge in [0.05, 0.1) is 0 Å². The highest BCUT2D eigenvalue weighted by Gasteiger charge is 2.26. The standard InChI is InChI=1S/C26H29BrN2O3/c1-18(2)15-28-26(31)19(3)29(16-20-11-13-22(27)14-12-20)25(30)17-32-24-10-6-8-21-7-4-5-9-23(21)24/h4-14,18-19H,15-17H2,1-3H3,(H,28,31)/t19-/m0/s1. The molecule has 1 N–H and O–H groups in total. The van der Waals surface area contributed by atoms with Crippen LogP contribution in [0.2, 0.25) is 0 Å². The maximum Gasteiger partial charge on any atom is 0.261 e. The van der Waals surface area contributed by atoms with E-state index in [9.17, 15) is 9.59 Å². The highest BCUT2D eigenvalue weighted by atomic mass is 79.9. The van der Waals surface area contributed by atoms with Crippen molar-refractivity contribution in [2.24, 2.45) is 5.92 Å². The van der Waals surface area contributed by atoms with Gasteiger partial charge < -0.3 is 15.0 Å². The first-order chi connectivity index (χ1) is 15.3. The molecule has 0 fully saturated rings. The quantitative estimate of drug-likeness (QED) is 0.444. The van der Waals surface area contributed by atoms with E-state index in [1.54, 1.807) is 11.8 Å². The Morgan fingerprint density at radius 3 is 2.38 bits per heavy atom.